The Morgan fingerprint density at radius 1 is 1.00 bits per heavy atom. The normalized spacial score (nSPS) is 10.3. The molecular formula is C16H17Cl2NO2. The second-order valence-corrected chi connectivity index (χ2v) is 5.46. The molecule has 0 saturated heterocycles. The molecule has 0 radical (unpaired) electrons. The van der Waals surface area contributed by atoms with E-state index in [4.69, 9.17) is 32.7 Å². The molecule has 0 aliphatic carbocycles. The Morgan fingerprint density at radius 3 is 2.33 bits per heavy atom. The minimum absolute atomic E-state index is 0.579. The van der Waals surface area contributed by atoms with Crippen LogP contribution in [0.25, 0.3) is 0 Å². The maximum Gasteiger partial charge on any atom is 0.162 e. The van der Waals surface area contributed by atoms with E-state index in [1.54, 1.807) is 26.4 Å². The van der Waals surface area contributed by atoms with E-state index < -0.39 is 0 Å². The van der Waals surface area contributed by atoms with Crippen molar-refractivity contribution in [2.45, 2.75) is 13.5 Å². The van der Waals surface area contributed by atoms with Gasteiger partial charge in [-0.2, -0.15) is 0 Å². The van der Waals surface area contributed by atoms with Gasteiger partial charge in [-0.3, -0.25) is 0 Å². The summed E-state index contributed by atoms with van der Waals surface area (Å²) in [5.41, 5.74) is 2.97. The van der Waals surface area contributed by atoms with Crippen LogP contribution in [0.3, 0.4) is 0 Å². The summed E-state index contributed by atoms with van der Waals surface area (Å²) in [6.45, 7) is 2.58. The van der Waals surface area contributed by atoms with Gasteiger partial charge in [0, 0.05) is 28.3 Å². The molecule has 1 N–H and O–H groups in total. The van der Waals surface area contributed by atoms with Crippen molar-refractivity contribution in [2.75, 3.05) is 19.5 Å². The minimum Gasteiger partial charge on any atom is -0.493 e. The van der Waals surface area contributed by atoms with Gasteiger partial charge in [0.25, 0.3) is 0 Å². The molecular weight excluding hydrogens is 309 g/mol. The van der Waals surface area contributed by atoms with Crippen LogP contribution < -0.4 is 14.8 Å². The summed E-state index contributed by atoms with van der Waals surface area (Å²) in [7, 11) is 3.24. The topological polar surface area (TPSA) is 30.5 Å². The number of anilines is 1. The molecule has 0 saturated carbocycles. The first kappa shape index (κ1) is 15.8. The molecule has 0 atom stereocenters. The molecule has 0 heterocycles. The molecule has 2 aromatic rings. The van der Waals surface area contributed by atoms with Crippen molar-refractivity contribution in [3.8, 4) is 11.5 Å². The van der Waals surface area contributed by atoms with Gasteiger partial charge in [0.05, 0.1) is 14.2 Å². The number of halogens is 2. The van der Waals surface area contributed by atoms with E-state index in [1.807, 2.05) is 25.1 Å². The molecule has 0 bridgehead atoms. The van der Waals surface area contributed by atoms with Crippen LogP contribution in [-0.4, -0.2) is 14.2 Å². The highest BCUT2D eigenvalue weighted by molar-refractivity contribution is 6.33. The third-order valence-electron chi connectivity index (χ3n) is 3.21. The van der Waals surface area contributed by atoms with Gasteiger partial charge in [-0.25, -0.2) is 0 Å². The van der Waals surface area contributed by atoms with Crippen molar-refractivity contribution in [3.63, 3.8) is 0 Å². The molecule has 5 heteroatoms. The van der Waals surface area contributed by atoms with Gasteiger partial charge in [0.1, 0.15) is 0 Å². The zero-order valence-corrected chi connectivity index (χ0v) is 13.7. The van der Waals surface area contributed by atoms with E-state index in [0.717, 1.165) is 16.8 Å². The molecule has 0 aliphatic heterocycles. The molecule has 112 valence electrons. The first-order chi connectivity index (χ1) is 10.0. The van der Waals surface area contributed by atoms with Crippen molar-refractivity contribution in [3.05, 3.63) is 51.5 Å². The Labute approximate surface area is 134 Å². The predicted octanol–water partition coefficient (Wildman–Crippen LogP) is 4.93. The molecule has 0 spiro atoms. The fraction of sp³-hybridized carbons (Fsp3) is 0.250. The Bertz CT molecular complexity index is 644. The van der Waals surface area contributed by atoms with Gasteiger partial charge >= 0.3 is 0 Å². The molecule has 0 aromatic heterocycles. The van der Waals surface area contributed by atoms with Gasteiger partial charge in [0.15, 0.2) is 11.5 Å². The predicted molar refractivity (Wildman–Crippen MR) is 88.1 cm³/mol. The summed E-state index contributed by atoms with van der Waals surface area (Å²) in [5, 5.41) is 4.70. The molecule has 2 aromatic carbocycles. The lowest BCUT2D eigenvalue weighted by Crippen LogP contribution is -2.03. The number of methoxy groups -OCH3 is 2. The number of nitrogens with one attached hydrogen (secondary N) is 1. The summed E-state index contributed by atoms with van der Waals surface area (Å²) in [6, 6.07) is 9.26. The van der Waals surface area contributed by atoms with Crippen molar-refractivity contribution in [2.24, 2.45) is 0 Å². The fourth-order valence-electron chi connectivity index (χ4n) is 2.04. The Balaban J connectivity index is 2.21. The van der Waals surface area contributed by atoms with Crippen LogP contribution in [0.1, 0.15) is 11.1 Å². The maximum atomic E-state index is 6.17. The molecule has 0 fully saturated rings. The van der Waals surface area contributed by atoms with Gasteiger partial charge in [-0.1, -0.05) is 23.2 Å². The van der Waals surface area contributed by atoms with Gasteiger partial charge in [-0.05, 0) is 42.3 Å². The van der Waals surface area contributed by atoms with Gasteiger partial charge in [0.2, 0.25) is 0 Å². The van der Waals surface area contributed by atoms with E-state index in [9.17, 15) is 0 Å². The lowest BCUT2D eigenvalue weighted by molar-refractivity contribution is 0.355. The molecule has 21 heavy (non-hydrogen) atoms. The average Bonchev–Trinajstić information content (AvgIpc) is 2.48. The van der Waals surface area contributed by atoms with Crippen molar-refractivity contribution < 1.29 is 9.47 Å². The van der Waals surface area contributed by atoms with Crippen LogP contribution in [0.5, 0.6) is 11.5 Å². The zero-order valence-electron chi connectivity index (χ0n) is 12.2. The van der Waals surface area contributed by atoms with E-state index in [2.05, 4.69) is 5.32 Å². The maximum absolute atomic E-state index is 6.17. The van der Waals surface area contributed by atoms with E-state index in [0.29, 0.717) is 28.1 Å². The van der Waals surface area contributed by atoms with Crippen LogP contribution in [0, 0.1) is 6.92 Å². The number of aryl methyl sites for hydroxylation is 1. The Hall–Kier alpha value is -1.58. The quantitative estimate of drug-likeness (QED) is 0.845. The van der Waals surface area contributed by atoms with Crippen LogP contribution in [0.4, 0.5) is 5.69 Å². The van der Waals surface area contributed by atoms with Crippen molar-refractivity contribution in [1.82, 2.24) is 0 Å². The number of ether oxygens (including phenoxy) is 2. The van der Waals surface area contributed by atoms with Gasteiger partial charge < -0.3 is 14.8 Å². The van der Waals surface area contributed by atoms with Crippen LogP contribution in [0.15, 0.2) is 30.3 Å². The van der Waals surface area contributed by atoms with E-state index in [1.165, 1.54) is 0 Å². The van der Waals surface area contributed by atoms with E-state index >= 15 is 0 Å². The second-order valence-electron chi connectivity index (χ2n) is 4.61. The Morgan fingerprint density at radius 2 is 1.67 bits per heavy atom. The van der Waals surface area contributed by atoms with Crippen LogP contribution in [0.2, 0.25) is 10.0 Å². The Kier molecular flexibility index (Phi) is 5.21. The summed E-state index contributed by atoms with van der Waals surface area (Å²) in [6.07, 6.45) is 0. The fourth-order valence-corrected chi connectivity index (χ4v) is 2.42. The minimum atomic E-state index is 0.579. The summed E-state index contributed by atoms with van der Waals surface area (Å²) in [5.74, 6) is 1.39. The molecule has 3 nitrogen and oxygen atoms in total. The summed E-state index contributed by atoms with van der Waals surface area (Å²) in [4.78, 5) is 0. The third-order valence-corrected chi connectivity index (χ3v) is 3.81. The summed E-state index contributed by atoms with van der Waals surface area (Å²) < 4.78 is 10.6. The van der Waals surface area contributed by atoms with Crippen LogP contribution >= 0.6 is 23.2 Å². The highest BCUT2D eigenvalue weighted by Crippen LogP contribution is 2.33. The monoisotopic (exact) mass is 325 g/mol. The van der Waals surface area contributed by atoms with E-state index in [-0.39, 0.29) is 0 Å². The highest BCUT2D eigenvalue weighted by Gasteiger charge is 2.09. The molecule has 2 rings (SSSR count). The SMILES string of the molecule is COc1cc(C)c(NCc2cc(Cl)ccc2Cl)cc1OC. The van der Waals surface area contributed by atoms with Crippen LogP contribution in [-0.2, 0) is 6.54 Å². The first-order valence-corrected chi connectivity index (χ1v) is 7.21. The lowest BCUT2D eigenvalue weighted by Gasteiger charge is -2.15. The third kappa shape index (κ3) is 3.74. The highest BCUT2D eigenvalue weighted by atomic mass is 35.5. The number of hydrogen-bond donors (Lipinski definition) is 1. The molecule has 0 aliphatic rings. The largest absolute Gasteiger partial charge is 0.493 e. The zero-order chi connectivity index (χ0) is 15.4. The summed E-state index contributed by atoms with van der Waals surface area (Å²) >= 11 is 12.2. The standard InChI is InChI=1S/C16H17Cl2NO2/c1-10-6-15(20-2)16(21-3)8-14(10)19-9-11-7-12(17)4-5-13(11)18/h4-8,19H,9H2,1-3H3. The molecule has 0 unspecified atom stereocenters. The molecule has 0 amide bonds. The number of benzene rings is 2. The average molecular weight is 326 g/mol. The number of hydrogen-bond acceptors (Lipinski definition) is 3. The lowest BCUT2D eigenvalue weighted by atomic mass is 10.1. The second kappa shape index (κ2) is 6.92. The first-order valence-electron chi connectivity index (χ1n) is 6.45. The number of rotatable bonds is 5. The smallest absolute Gasteiger partial charge is 0.162 e. The van der Waals surface area contributed by atoms with Crippen molar-refractivity contribution >= 4 is 28.9 Å². The van der Waals surface area contributed by atoms with Gasteiger partial charge in [-0.15, -0.1) is 0 Å². The van der Waals surface area contributed by atoms with Crippen molar-refractivity contribution in [1.29, 1.82) is 0 Å².